The Bertz CT molecular complexity index is 915. The van der Waals surface area contributed by atoms with Crippen LogP contribution in [0.5, 0.6) is 11.5 Å². The Kier molecular flexibility index (Phi) is 3.71. The lowest BCUT2D eigenvalue weighted by atomic mass is 9.73. The van der Waals surface area contributed by atoms with Gasteiger partial charge in [0, 0.05) is 17.7 Å². The van der Waals surface area contributed by atoms with Gasteiger partial charge in [-0.3, -0.25) is 4.79 Å². The van der Waals surface area contributed by atoms with Gasteiger partial charge in [-0.25, -0.2) is 0 Å². The van der Waals surface area contributed by atoms with Crippen molar-refractivity contribution in [3.63, 3.8) is 0 Å². The number of fused-ring (bicyclic) bond motifs is 1. The SMILES string of the molecule is COc1ccc([C@@H]2C3=C(CC(C)(C)CC3=O)Nc3nnnn32)cc1OC. The number of tetrazole rings is 1. The van der Waals surface area contributed by atoms with Gasteiger partial charge in [-0.15, -0.1) is 0 Å². The summed E-state index contributed by atoms with van der Waals surface area (Å²) >= 11 is 0. The third-order valence-electron chi connectivity index (χ3n) is 4.92. The number of rotatable bonds is 3. The number of allylic oxidation sites excluding steroid dienone is 2. The first-order valence-corrected chi connectivity index (χ1v) is 8.46. The number of hydrogen-bond donors (Lipinski definition) is 1. The van der Waals surface area contributed by atoms with Crippen LogP contribution in [0.25, 0.3) is 0 Å². The highest BCUT2D eigenvalue weighted by Crippen LogP contribution is 2.45. The van der Waals surface area contributed by atoms with Crippen LogP contribution in [-0.2, 0) is 4.79 Å². The summed E-state index contributed by atoms with van der Waals surface area (Å²) in [5, 5.41) is 15.2. The van der Waals surface area contributed by atoms with Crippen LogP contribution in [0.1, 0.15) is 38.3 Å². The van der Waals surface area contributed by atoms with E-state index < -0.39 is 0 Å². The molecule has 4 rings (SSSR count). The van der Waals surface area contributed by atoms with Gasteiger partial charge in [0.25, 0.3) is 0 Å². The maximum Gasteiger partial charge on any atom is 0.248 e. The Hall–Kier alpha value is -2.90. The van der Waals surface area contributed by atoms with E-state index in [2.05, 4.69) is 34.7 Å². The minimum Gasteiger partial charge on any atom is -0.493 e. The van der Waals surface area contributed by atoms with Crippen LogP contribution in [0.3, 0.4) is 0 Å². The molecule has 0 fully saturated rings. The fraction of sp³-hybridized carbons (Fsp3) is 0.444. The molecule has 0 unspecified atom stereocenters. The summed E-state index contributed by atoms with van der Waals surface area (Å²) in [6.45, 7) is 4.19. The van der Waals surface area contributed by atoms with E-state index in [1.165, 1.54) is 0 Å². The molecule has 1 aliphatic heterocycles. The van der Waals surface area contributed by atoms with Gasteiger partial charge >= 0.3 is 0 Å². The first kappa shape index (κ1) is 16.6. The Morgan fingerprint density at radius 1 is 1.19 bits per heavy atom. The molecule has 1 atom stereocenters. The second-order valence-corrected chi connectivity index (χ2v) is 7.42. The van der Waals surface area contributed by atoms with Crippen LogP contribution in [0.2, 0.25) is 0 Å². The molecule has 0 radical (unpaired) electrons. The largest absolute Gasteiger partial charge is 0.493 e. The first-order chi connectivity index (χ1) is 12.4. The fourth-order valence-electron chi connectivity index (χ4n) is 3.80. The predicted octanol–water partition coefficient (Wildman–Crippen LogP) is 2.35. The molecule has 0 saturated carbocycles. The van der Waals surface area contributed by atoms with Gasteiger partial charge in [-0.05, 0) is 40.0 Å². The summed E-state index contributed by atoms with van der Waals surface area (Å²) in [4.78, 5) is 13.0. The zero-order chi connectivity index (χ0) is 18.5. The molecule has 0 bridgehead atoms. The molecule has 2 heterocycles. The number of carbonyl (C=O) groups is 1. The van der Waals surface area contributed by atoms with Crippen LogP contribution in [0, 0.1) is 5.41 Å². The lowest BCUT2D eigenvalue weighted by molar-refractivity contribution is -0.118. The van der Waals surface area contributed by atoms with E-state index in [-0.39, 0.29) is 17.2 Å². The molecule has 8 nitrogen and oxygen atoms in total. The maximum absolute atomic E-state index is 13.0. The van der Waals surface area contributed by atoms with Crippen molar-refractivity contribution < 1.29 is 14.3 Å². The van der Waals surface area contributed by atoms with Crippen molar-refractivity contribution in [2.75, 3.05) is 19.5 Å². The second-order valence-electron chi connectivity index (χ2n) is 7.42. The molecule has 0 spiro atoms. The van der Waals surface area contributed by atoms with E-state index in [1.54, 1.807) is 18.9 Å². The standard InChI is InChI=1S/C18H21N5O3/c1-18(2)8-11-15(12(24)9-18)16(23-17(19-11)20-21-22-23)10-5-6-13(25-3)14(7-10)26-4/h5-7,16H,8-9H2,1-4H3,(H,19,20,22)/t16-/m1/s1. The summed E-state index contributed by atoms with van der Waals surface area (Å²) in [7, 11) is 3.18. The molecule has 0 saturated heterocycles. The van der Waals surface area contributed by atoms with Crippen LogP contribution in [0.15, 0.2) is 29.5 Å². The van der Waals surface area contributed by atoms with E-state index in [4.69, 9.17) is 9.47 Å². The number of nitrogens with zero attached hydrogens (tertiary/aromatic N) is 4. The lowest BCUT2D eigenvalue weighted by Crippen LogP contribution is -2.36. The Labute approximate surface area is 151 Å². The van der Waals surface area contributed by atoms with Gasteiger partial charge in [0.2, 0.25) is 5.95 Å². The molecule has 1 aromatic heterocycles. The monoisotopic (exact) mass is 355 g/mol. The average molecular weight is 355 g/mol. The number of Topliss-reactive ketones (excluding diaryl/α,β-unsaturated/α-hetero) is 1. The molecule has 136 valence electrons. The highest BCUT2D eigenvalue weighted by atomic mass is 16.5. The number of benzene rings is 1. The Balaban J connectivity index is 1.89. The van der Waals surface area contributed by atoms with Crippen molar-refractivity contribution >= 4 is 11.7 Å². The average Bonchev–Trinajstić information content (AvgIpc) is 3.06. The third-order valence-corrected chi connectivity index (χ3v) is 4.92. The van der Waals surface area contributed by atoms with Crippen molar-refractivity contribution in [1.29, 1.82) is 0 Å². The van der Waals surface area contributed by atoms with Crippen molar-refractivity contribution in [1.82, 2.24) is 20.2 Å². The van der Waals surface area contributed by atoms with Crippen LogP contribution in [0.4, 0.5) is 5.95 Å². The second kappa shape index (κ2) is 5.82. The summed E-state index contributed by atoms with van der Waals surface area (Å²) in [5.74, 6) is 1.88. The summed E-state index contributed by atoms with van der Waals surface area (Å²) in [5.41, 5.74) is 2.39. The topological polar surface area (TPSA) is 91.2 Å². The van der Waals surface area contributed by atoms with E-state index in [0.717, 1.165) is 23.3 Å². The van der Waals surface area contributed by atoms with E-state index in [0.29, 0.717) is 23.9 Å². The molecule has 2 aromatic rings. The highest BCUT2D eigenvalue weighted by Gasteiger charge is 2.41. The number of nitrogens with one attached hydrogen (secondary N) is 1. The summed E-state index contributed by atoms with van der Waals surface area (Å²) in [6, 6.07) is 5.23. The normalized spacial score (nSPS) is 20.9. The zero-order valence-corrected chi connectivity index (χ0v) is 15.2. The minimum atomic E-state index is -0.389. The van der Waals surface area contributed by atoms with Crippen LogP contribution < -0.4 is 14.8 Å². The lowest BCUT2D eigenvalue weighted by Gasteiger charge is -2.37. The quantitative estimate of drug-likeness (QED) is 0.903. The number of carbonyl (C=O) groups excluding carboxylic acids is 1. The first-order valence-electron chi connectivity index (χ1n) is 8.46. The van der Waals surface area contributed by atoms with Gasteiger partial charge in [0.1, 0.15) is 6.04 Å². The molecule has 1 aromatic carbocycles. The fourth-order valence-corrected chi connectivity index (χ4v) is 3.80. The molecule has 1 aliphatic carbocycles. The van der Waals surface area contributed by atoms with E-state index in [1.807, 2.05) is 18.2 Å². The molecule has 26 heavy (non-hydrogen) atoms. The summed E-state index contributed by atoms with van der Waals surface area (Å²) < 4.78 is 12.4. The van der Waals surface area contributed by atoms with Crippen LogP contribution in [-0.4, -0.2) is 40.2 Å². The number of ether oxygens (including phenoxy) is 2. The molecule has 0 amide bonds. The Morgan fingerprint density at radius 2 is 1.96 bits per heavy atom. The number of anilines is 1. The van der Waals surface area contributed by atoms with Crippen molar-refractivity contribution in [2.24, 2.45) is 5.41 Å². The van der Waals surface area contributed by atoms with E-state index >= 15 is 0 Å². The molecule has 1 N–H and O–H groups in total. The number of ketones is 1. The van der Waals surface area contributed by atoms with Crippen molar-refractivity contribution in [3.05, 3.63) is 35.0 Å². The van der Waals surface area contributed by atoms with Crippen molar-refractivity contribution in [3.8, 4) is 11.5 Å². The highest BCUT2D eigenvalue weighted by molar-refractivity contribution is 6.00. The maximum atomic E-state index is 13.0. The predicted molar refractivity (Wildman–Crippen MR) is 94.2 cm³/mol. The zero-order valence-electron chi connectivity index (χ0n) is 15.2. The van der Waals surface area contributed by atoms with Gasteiger partial charge in [0.15, 0.2) is 17.3 Å². The van der Waals surface area contributed by atoms with Crippen LogP contribution >= 0.6 is 0 Å². The van der Waals surface area contributed by atoms with Gasteiger partial charge < -0.3 is 14.8 Å². The smallest absolute Gasteiger partial charge is 0.248 e. The number of aromatic nitrogens is 4. The van der Waals surface area contributed by atoms with Gasteiger partial charge in [0.05, 0.1) is 14.2 Å². The third kappa shape index (κ3) is 2.53. The minimum absolute atomic E-state index is 0.0965. The molecular weight excluding hydrogens is 334 g/mol. The molecular formula is C18H21N5O3. The number of methoxy groups -OCH3 is 2. The van der Waals surface area contributed by atoms with Gasteiger partial charge in [-0.1, -0.05) is 25.0 Å². The van der Waals surface area contributed by atoms with Crippen molar-refractivity contribution in [2.45, 2.75) is 32.7 Å². The molecule has 2 aliphatic rings. The van der Waals surface area contributed by atoms with Gasteiger partial charge in [-0.2, -0.15) is 4.68 Å². The molecule has 8 heteroatoms. The number of hydrogen-bond acceptors (Lipinski definition) is 7. The van der Waals surface area contributed by atoms with E-state index in [9.17, 15) is 4.79 Å². The summed E-state index contributed by atoms with van der Waals surface area (Å²) in [6.07, 6.45) is 1.26. The Morgan fingerprint density at radius 3 is 2.69 bits per heavy atom.